The molecule has 1 aromatic heterocycles. The third-order valence-corrected chi connectivity index (χ3v) is 5.53. The number of aryl methyl sites for hydroxylation is 1. The second-order valence-electron chi connectivity index (χ2n) is 6.21. The van der Waals surface area contributed by atoms with Crippen LogP contribution in [0, 0.1) is 6.92 Å². The fraction of sp³-hybridized carbons (Fsp3) is 0.421. The molecule has 0 saturated carbocycles. The highest BCUT2D eigenvalue weighted by Crippen LogP contribution is 2.28. The van der Waals surface area contributed by atoms with Crippen molar-refractivity contribution in [2.24, 2.45) is 0 Å². The molecule has 1 saturated heterocycles. The predicted molar refractivity (Wildman–Crippen MR) is 98.2 cm³/mol. The number of hydrogen-bond acceptors (Lipinski definition) is 4. The lowest BCUT2D eigenvalue weighted by molar-refractivity contribution is 0.0951. The Labute approximate surface area is 147 Å². The molecule has 1 N–H and O–H groups in total. The minimum atomic E-state index is -0.0382. The van der Waals surface area contributed by atoms with E-state index in [1.54, 1.807) is 7.11 Å². The molecule has 4 nitrogen and oxygen atoms in total. The quantitative estimate of drug-likeness (QED) is 0.874. The van der Waals surface area contributed by atoms with Crippen molar-refractivity contribution >= 4 is 17.2 Å². The smallest absolute Gasteiger partial charge is 0.265 e. The van der Waals surface area contributed by atoms with Gasteiger partial charge >= 0.3 is 0 Å². The van der Waals surface area contributed by atoms with Crippen molar-refractivity contribution in [1.29, 1.82) is 0 Å². The van der Waals surface area contributed by atoms with Gasteiger partial charge in [0.2, 0.25) is 0 Å². The van der Waals surface area contributed by atoms with E-state index in [9.17, 15) is 4.79 Å². The van der Waals surface area contributed by atoms with Crippen molar-refractivity contribution in [2.75, 3.05) is 33.3 Å². The highest BCUT2D eigenvalue weighted by Gasteiger charge is 2.23. The second kappa shape index (κ2) is 7.81. The summed E-state index contributed by atoms with van der Waals surface area (Å²) in [4.78, 5) is 16.5. The molecule has 1 aliphatic rings. The number of benzene rings is 1. The van der Waals surface area contributed by atoms with Crippen LogP contribution in [0.15, 0.2) is 36.4 Å². The number of carbonyl (C=O) groups excluding carboxylic acids is 1. The number of methoxy groups -OCH3 is 1. The summed E-state index contributed by atoms with van der Waals surface area (Å²) < 4.78 is 5.27. The Morgan fingerprint density at radius 3 is 2.92 bits per heavy atom. The molecule has 1 amide bonds. The van der Waals surface area contributed by atoms with Gasteiger partial charge in [0.1, 0.15) is 10.6 Å². The number of nitrogens with zero attached hydrogens (tertiary/aromatic N) is 1. The molecule has 0 unspecified atom stereocenters. The van der Waals surface area contributed by atoms with Crippen molar-refractivity contribution in [2.45, 2.75) is 19.3 Å². The van der Waals surface area contributed by atoms with Gasteiger partial charge in [0.25, 0.3) is 5.91 Å². The zero-order valence-electron chi connectivity index (χ0n) is 14.2. The van der Waals surface area contributed by atoms with E-state index in [1.807, 2.05) is 13.0 Å². The van der Waals surface area contributed by atoms with Crippen LogP contribution in [0.4, 0.5) is 0 Å². The Kier molecular flexibility index (Phi) is 5.53. The largest absolute Gasteiger partial charge is 0.495 e. The number of ether oxygens (including phenoxy) is 1. The molecule has 0 spiro atoms. The van der Waals surface area contributed by atoms with E-state index in [1.165, 1.54) is 23.3 Å². The minimum absolute atomic E-state index is 0.0382. The van der Waals surface area contributed by atoms with Gasteiger partial charge in [-0.3, -0.25) is 4.79 Å². The summed E-state index contributed by atoms with van der Waals surface area (Å²) in [5.74, 6) is 1.24. The van der Waals surface area contributed by atoms with Gasteiger partial charge in [0.05, 0.1) is 7.11 Å². The zero-order chi connectivity index (χ0) is 16.9. The van der Waals surface area contributed by atoms with Crippen LogP contribution >= 0.6 is 11.3 Å². The van der Waals surface area contributed by atoms with Gasteiger partial charge in [-0.15, -0.1) is 11.3 Å². The van der Waals surface area contributed by atoms with Gasteiger partial charge in [-0.25, -0.2) is 0 Å². The number of hydrogen-bond donors (Lipinski definition) is 1. The summed E-state index contributed by atoms with van der Waals surface area (Å²) in [6, 6.07) is 12.6. The van der Waals surface area contributed by atoms with Gasteiger partial charge in [0, 0.05) is 24.5 Å². The highest BCUT2D eigenvalue weighted by atomic mass is 32.1. The molecule has 5 heteroatoms. The van der Waals surface area contributed by atoms with E-state index < -0.39 is 0 Å². The maximum atomic E-state index is 12.3. The number of thiophene rings is 1. The molecule has 0 bridgehead atoms. The van der Waals surface area contributed by atoms with Crippen molar-refractivity contribution < 1.29 is 9.53 Å². The van der Waals surface area contributed by atoms with E-state index in [4.69, 9.17) is 4.74 Å². The van der Waals surface area contributed by atoms with E-state index >= 15 is 0 Å². The maximum Gasteiger partial charge on any atom is 0.265 e. The number of nitrogens with one attached hydrogen (secondary N) is 1. The Morgan fingerprint density at radius 2 is 2.17 bits per heavy atom. The summed E-state index contributed by atoms with van der Waals surface area (Å²) in [7, 11) is 1.60. The first-order valence-corrected chi connectivity index (χ1v) is 9.19. The third-order valence-electron chi connectivity index (χ3n) is 4.50. The van der Waals surface area contributed by atoms with Crippen molar-refractivity contribution in [3.05, 3.63) is 51.7 Å². The molecule has 1 fully saturated rings. The van der Waals surface area contributed by atoms with Crippen molar-refractivity contribution in [3.8, 4) is 5.75 Å². The van der Waals surface area contributed by atoms with E-state index in [2.05, 4.69) is 40.5 Å². The van der Waals surface area contributed by atoms with Crippen LogP contribution in [0.3, 0.4) is 0 Å². The van der Waals surface area contributed by atoms with E-state index in [0.29, 0.717) is 23.1 Å². The summed E-state index contributed by atoms with van der Waals surface area (Å²) in [6.07, 6.45) is 1.19. The summed E-state index contributed by atoms with van der Waals surface area (Å²) in [5.41, 5.74) is 1.42. The minimum Gasteiger partial charge on any atom is -0.495 e. The average Bonchev–Trinajstić information content (AvgIpc) is 3.22. The summed E-state index contributed by atoms with van der Waals surface area (Å²) in [5, 5.41) is 3.02. The standard InChI is InChI=1S/C19H24N2O2S/c1-14-12-17(23-2)18(24-14)19(22)20-9-11-21-10-8-16(13-21)15-6-4-3-5-7-15/h3-7,12,16H,8-11,13H2,1-2H3,(H,20,22)/t16-/m1/s1. The monoisotopic (exact) mass is 344 g/mol. The van der Waals surface area contributed by atoms with Gasteiger partial charge in [-0.1, -0.05) is 30.3 Å². The number of likely N-dealkylation sites (tertiary alicyclic amines) is 1. The van der Waals surface area contributed by atoms with Gasteiger partial charge < -0.3 is 15.0 Å². The second-order valence-corrected chi connectivity index (χ2v) is 7.46. The molecule has 2 heterocycles. The maximum absolute atomic E-state index is 12.3. The van der Waals surface area contributed by atoms with Crippen LogP contribution in [0.2, 0.25) is 0 Å². The molecule has 0 radical (unpaired) electrons. The predicted octanol–water partition coefficient (Wildman–Crippen LogP) is 3.28. The third kappa shape index (κ3) is 3.97. The van der Waals surface area contributed by atoms with Crippen LogP contribution in [0.5, 0.6) is 5.75 Å². The van der Waals surface area contributed by atoms with Crippen molar-refractivity contribution in [1.82, 2.24) is 10.2 Å². The lowest BCUT2D eigenvalue weighted by atomic mass is 9.99. The Morgan fingerprint density at radius 1 is 1.38 bits per heavy atom. The SMILES string of the molecule is COc1cc(C)sc1C(=O)NCCN1CC[C@@H](c2ccccc2)C1. The lowest BCUT2D eigenvalue weighted by Crippen LogP contribution is -2.33. The number of carbonyl (C=O) groups is 1. The number of rotatable bonds is 6. The first kappa shape index (κ1) is 17.0. The molecule has 1 aliphatic heterocycles. The molecule has 1 aromatic carbocycles. The van der Waals surface area contributed by atoms with Crippen LogP contribution in [-0.4, -0.2) is 44.1 Å². The zero-order valence-corrected chi connectivity index (χ0v) is 15.1. The Balaban J connectivity index is 1.46. The molecule has 1 atom stereocenters. The van der Waals surface area contributed by atoms with Crippen LogP contribution in [0.25, 0.3) is 0 Å². The first-order valence-electron chi connectivity index (χ1n) is 8.37. The molecular weight excluding hydrogens is 320 g/mol. The Hall–Kier alpha value is -1.85. The summed E-state index contributed by atoms with van der Waals surface area (Å²) >= 11 is 1.48. The van der Waals surface area contributed by atoms with Crippen LogP contribution < -0.4 is 10.1 Å². The topological polar surface area (TPSA) is 41.6 Å². The van der Waals surface area contributed by atoms with Gasteiger partial charge in [-0.2, -0.15) is 0 Å². The number of amides is 1. The van der Waals surface area contributed by atoms with E-state index in [0.717, 1.165) is 24.5 Å². The molecule has 24 heavy (non-hydrogen) atoms. The lowest BCUT2D eigenvalue weighted by Gasteiger charge is -2.16. The summed E-state index contributed by atoms with van der Waals surface area (Å²) in [6.45, 7) is 5.71. The van der Waals surface area contributed by atoms with Crippen LogP contribution in [-0.2, 0) is 0 Å². The van der Waals surface area contributed by atoms with Gasteiger partial charge in [-0.05, 0) is 37.4 Å². The molecule has 0 aliphatic carbocycles. The molecular formula is C19H24N2O2S. The molecule has 2 aromatic rings. The normalized spacial score (nSPS) is 17.8. The van der Waals surface area contributed by atoms with Crippen LogP contribution in [0.1, 0.15) is 32.5 Å². The average molecular weight is 344 g/mol. The fourth-order valence-corrected chi connectivity index (χ4v) is 4.14. The van der Waals surface area contributed by atoms with Gasteiger partial charge in [0.15, 0.2) is 0 Å². The molecule has 3 rings (SSSR count). The van der Waals surface area contributed by atoms with Crippen molar-refractivity contribution in [3.63, 3.8) is 0 Å². The molecule has 128 valence electrons. The van der Waals surface area contributed by atoms with E-state index in [-0.39, 0.29) is 5.91 Å². The fourth-order valence-electron chi connectivity index (χ4n) is 3.24. The Bertz CT molecular complexity index is 684. The first-order chi connectivity index (χ1) is 11.7. The highest BCUT2D eigenvalue weighted by molar-refractivity contribution is 7.14.